The average Bonchev–Trinajstić information content (AvgIpc) is 3.53. The number of imidazole rings is 1. The third-order valence-corrected chi connectivity index (χ3v) is 6.00. The van der Waals surface area contributed by atoms with Crippen LogP contribution >= 0.6 is 0 Å². The fourth-order valence-corrected chi connectivity index (χ4v) is 4.14. The van der Waals surface area contributed by atoms with Gasteiger partial charge in [0.05, 0.1) is 22.9 Å². The Balaban J connectivity index is 1.38. The summed E-state index contributed by atoms with van der Waals surface area (Å²) in [5.41, 5.74) is 7.11. The predicted octanol–water partition coefficient (Wildman–Crippen LogP) is 4.57. The van der Waals surface area contributed by atoms with E-state index in [0.29, 0.717) is 12.4 Å². The summed E-state index contributed by atoms with van der Waals surface area (Å²) in [7, 11) is 4.04. The zero-order chi connectivity index (χ0) is 24.5. The van der Waals surface area contributed by atoms with Crippen molar-refractivity contribution in [3.05, 3.63) is 73.4 Å². The number of nitrogens with zero attached hydrogens (tertiary/aromatic N) is 6. The molecule has 5 heterocycles. The van der Waals surface area contributed by atoms with Gasteiger partial charge >= 0.3 is 0 Å². The van der Waals surface area contributed by atoms with Gasteiger partial charge in [-0.1, -0.05) is 6.07 Å². The van der Waals surface area contributed by atoms with E-state index < -0.39 is 0 Å². The SMILES string of the molecule is CN(C)CCOc1cncc(-c2ccc3[nH]nc(-c4nc5c(-c6ccncc6)nccc5[nH]4)c3c2)c1. The van der Waals surface area contributed by atoms with Gasteiger partial charge in [0.25, 0.3) is 0 Å². The van der Waals surface area contributed by atoms with E-state index in [4.69, 9.17) is 9.72 Å². The summed E-state index contributed by atoms with van der Waals surface area (Å²) in [5, 5.41) is 8.67. The summed E-state index contributed by atoms with van der Waals surface area (Å²) in [6.45, 7) is 1.44. The van der Waals surface area contributed by atoms with Crippen LogP contribution in [0.3, 0.4) is 0 Å². The number of pyridine rings is 3. The summed E-state index contributed by atoms with van der Waals surface area (Å²) in [6.07, 6.45) is 8.87. The Morgan fingerprint density at radius 1 is 0.833 bits per heavy atom. The highest BCUT2D eigenvalue weighted by Gasteiger charge is 2.16. The summed E-state index contributed by atoms with van der Waals surface area (Å²) < 4.78 is 5.88. The number of hydrogen-bond donors (Lipinski definition) is 2. The van der Waals surface area contributed by atoms with Crippen LogP contribution in [-0.4, -0.2) is 67.3 Å². The molecule has 0 amide bonds. The van der Waals surface area contributed by atoms with Crippen molar-refractivity contribution in [3.8, 4) is 39.7 Å². The van der Waals surface area contributed by atoms with Gasteiger partial charge in [0.2, 0.25) is 0 Å². The minimum Gasteiger partial charge on any atom is -0.491 e. The third-order valence-electron chi connectivity index (χ3n) is 6.00. The Bertz CT molecular complexity index is 1660. The lowest BCUT2D eigenvalue weighted by atomic mass is 10.0. The van der Waals surface area contributed by atoms with E-state index >= 15 is 0 Å². The first-order valence-electron chi connectivity index (χ1n) is 11.6. The van der Waals surface area contributed by atoms with Gasteiger partial charge in [-0.15, -0.1) is 0 Å². The zero-order valence-corrected chi connectivity index (χ0v) is 19.9. The van der Waals surface area contributed by atoms with Gasteiger partial charge in [-0.25, -0.2) is 4.98 Å². The van der Waals surface area contributed by atoms with Gasteiger partial charge in [0.1, 0.15) is 23.6 Å². The Labute approximate surface area is 207 Å². The molecule has 6 aromatic rings. The number of aromatic nitrogens is 7. The van der Waals surface area contributed by atoms with Crippen LogP contribution in [0.25, 0.3) is 55.8 Å². The van der Waals surface area contributed by atoms with Crippen molar-refractivity contribution in [2.24, 2.45) is 0 Å². The zero-order valence-electron chi connectivity index (χ0n) is 19.9. The lowest BCUT2D eigenvalue weighted by Gasteiger charge is -2.11. The van der Waals surface area contributed by atoms with Crippen molar-refractivity contribution in [2.75, 3.05) is 27.2 Å². The van der Waals surface area contributed by atoms with Gasteiger partial charge in [-0.3, -0.25) is 20.1 Å². The standard InChI is InChI=1S/C27H24N8O/c1-35(2)11-12-36-20-13-19(15-29-16-20)18-3-4-22-21(14-18)25(34-33-22)27-31-23-7-10-30-24(26(23)32-27)17-5-8-28-9-6-17/h3-10,13-16H,11-12H2,1-2H3,(H,31,32)(H,33,34). The van der Waals surface area contributed by atoms with E-state index in [9.17, 15) is 0 Å². The van der Waals surface area contributed by atoms with E-state index in [-0.39, 0.29) is 0 Å². The van der Waals surface area contributed by atoms with Crippen LogP contribution in [-0.2, 0) is 0 Å². The summed E-state index contributed by atoms with van der Waals surface area (Å²) in [5.74, 6) is 1.42. The van der Waals surface area contributed by atoms with Crippen LogP contribution in [0.4, 0.5) is 0 Å². The minimum atomic E-state index is 0.603. The lowest BCUT2D eigenvalue weighted by Crippen LogP contribution is -2.19. The molecule has 0 unspecified atom stereocenters. The maximum Gasteiger partial charge on any atom is 0.159 e. The monoisotopic (exact) mass is 476 g/mol. The molecule has 0 bridgehead atoms. The van der Waals surface area contributed by atoms with Crippen LogP contribution in [0, 0.1) is 0 Å². The second-order valence-electron chi connectivity index (χ2n) is 8.77. The van der Waals surface area contributed by atoms with Crippen molar-refractivity contribution >= 4 is 21.9 Å². The molecular formula is C27H24N8O. The van der Waals surface area contributed by atoms with E-state index in [1.807, 2.05) is 50.6 Å². The van der Waals surface area contributed by atoms with Crippen LogP contribution in [0.5, 0.6) is 5.75 Å². The van der Waals surface area contributed by atoms with Crippen molar-refractivity contribution in [2.45, 2.75) is 0 Å². The van der Waals surface area contributed by atoms with Crippen molar-refractivity contribution < 1.29 is 4.74 Å². The van der Waals surface area contributed by atoms with Crippen LogP contribution in [0.1, 0.15) is 0 Å². The quantitative estimate of drug-likeness (QED) is 0.348. The summed E-state index contributed by atoms with van der Waals surface area (Å²) in [6, 6.07) is 14.0. The van der Waals surface area contributed by atoms with Crippen LogP contribution in [0.2, 0.25) is 0 Å². The predicted molar refractivity (Wildman–Crippen MR) is 139 cm³/mol. The Kier molecular flexibility index (Phi) is 5.59. The van der Waals surface area contributed by atoms with Gasteiger partial charge in [-0.2, -0.15) is 5.10 Å². The highest BCUT2D eigenvalue weighted by Crippen LogP contribution is 2.32. The van der Waals surface area contributed by atoms with E-state index in [1.54, 1.807) is 24.8 Å². The van der Waals surface area contributed by atoms with E-state index in [0.717, 1.165) is 62.3 Å². The summed E-state index contributed by atoms with van der Waals surface area (Å²) >= 11 is 0. The van der Waals surface area contributed by atoms with Crippen molar-refractivity contribution in [3.63, 3.8) is 0 Å². The molecule has 0 aliphatic carbocycles. The second kappa shape index (κ2) is 9.20. The average molecular weight is 477 g/mol. The molecule has 9 heteroatoms. The van der Waals surface area contributed by atoms with Crippen LogP contribution in [0.15, 0.2) is 73.4 Å². The van der Waals surface area contributed by atoms with Gasteiger partial charge in [-0.05, 0) is 56.1 Å². The largest absolute Gasteiger partial charge is 0.491 e. The molecule has 6 rings (SSSR count). The Morgan fingerprint density at radius 2 is 1.72 bits per heavy atom. The van der Waals surface area contributed by atoms with E-state index in [1.165, 1.54) is 0 Å². The van der Waals surface area contributed by atoms with Gasteiger partial charge < -0.3 is 14.6 Å². The Morgan fingerprint density at radius 3 is 2.58 bits per heavy atom. The number of nitrogens with one attached hydrogen (secondary N) is 2. The molecule has 0 aliphatic rings. The number of aromatic amines is 2. The normalized spacial score (nSPS) is 11.5. The molecule has 0 fully saturated rings. The number of hydrogen-bond acceptors (Lipinski definition) is 7. The van der Waals surface area contributed by atoms with Crippen molar-refractivity contribution in [1.29, 1.82) is 0 Å². The molecule has 2 N–H and O–H groups in total. The maximum atomic E-state index is 5.88. The Hall–Kier alpha value is -4.63. The van der Waals surface area contributed by atoms with Gasteiger partial charge in [0.15, 0.2) is 5.82 Å². The topological polar surface area (TPSA) is 108 Å². The van der Waals surface area contributed by atoms with Gasteiger partial charge in [0, 0.05) is 47.8 Å². The molecule has 0 aliphatic heterocycles. The highest BCUT2D eigenvalue weighted by molar-refractivity contribution is 5.97. The molecule has 0 radical (unpaired) electrons. The molecule has 1 aromatic carbocycles. The molecule has 5 aromatic heterocycles. The molecule has 178 valence electrons. The number of benzene rings is 1. The minimum absolute atomic E-state index is 0.603. The molecule has 0 saturated carbocycles. The third kappa shape index (κ3) is 4.16. The molecule has 0 saturated heterocycles. The maximum absolute atomic E-state index is 5.88. The lowest BCUT2D eigenvalue weighted by molar-refractivity contribution is 0.261. The van der Waals surface area contributed by atoms with Crippen LogP contribution < -0.4 is 4.74 Å². The molecule has 36 heavy (non-hydrogen) atoms. The first-order valence-corrected chi connectivity index (χ1v) is 11.6. The first-order chi connectivity index (χ1) is 17.7. The fraction of sp³-hybridized carbons (Fsp3) is 0.148. The number of fused-ring (bicyclic) bond motifs is 2. The number of H-pyrrole nitrogens is 2. The number of rotatable bonds is 7. The summed E-state index contributed by atoms with van der Waals surface area (Å²) in [4.78, 5) is 23.4. The van der Waals surface area contributed by atoms with Crippen molar-refractivity contribution in [1.82, 2.24) is 40.0 Å². The fourth-order valence-electron chi connectivity index (χ4n) is 4.14. The number of likely N-dealkylation sites (N-methyl/N-ethyl adjacent to an activating group) is 1. The molecule has 0 atom stereocenters. The smallest absolute Gasteiger partial charge is 0.159 e. The molecule has 0 spiro atoms. The molecule has 9 nitrogen and oxygen atoms in total. The first kappa shape index (κ1) is 21.9. The number of ether oxygens (including phenoxy) is 1. The molecular weight excluding hydrogens is 452 g/mol. The second-order valence-corrected chi connectivity index (χ2v) is 8.77. The highest BCUT2D eigenvalue weighted by atomic mass is 16.5. The van der Waals surface area contributed by atoms with E-state index in [2.05, 4.69) is 47.2 Å².